The molecule has 0 saturated heterocycles. The van der Waals surface area contributed by atoms with E-state index in [1.165, 1.54) is 11.3 Å². The second-order valence-corrected chi connectivity index (χ2v) is 4.68. The molecule has 1 aliphatic rings. The fourth-order valence-corrected chi connectivity index (χ4v) is 2.41. The van der Waals surface area contributed by atoms with E-state index in [0.29, 0.717) is 5.92 Å². The Balaban J connectivity index is 2.20. The number of methoxy groups -OCH3 is 1. The van der Waals surface area contributed by atoms with Gasteiger partial charge in [0.05, 0.1) is 0 Å². The lowest BCUT2D eigenvalue weighted by atomic mass is 9.87. The highest BCUT2D eigenvalue weighted by Crippen LogP contribution is 2.25. The highest BCUT2D eigenvalue weighted by molar-refractivity contribution is 5.22. The van der Waals surface area contributed by atoms with Crippen LogP contribution in [-0.4, -0.2) is 23.6 Å². The highest BCUT2D eigenvalue weighted by Gasteiger charge is 2.21. The van der Waals surface area contributed by atoms with Gasteiger partial charge in [0.2, 0.25) is 0 Å². The van der Waals surface area contributed by atoms with E-state index in [9.17, 15) is 0 Å². The van der Waals surface area contributed by atoms with Crippen molar-refractivity contribution in [1.29, 1.82) is 0 Å². The Bertz CT molecular complexity index is 377. The molecule has 1 aromatic rings. The van der Waals surface area contributed by atoms with Crippen molar-refractivity contribution in [1.82, 2.24) is 9.97 Å². The second-order valence-electron chi connectivity index (χ2n) is 4.68. The van der Waals surface area contributed by atoms with Crippen LogP contribution >= 0.6 is 0 Å². The third-order valence-corrected chi connectivity index (χ3v) is 3.55. The first-order valence-electron chi connectivity index (χ1n) is 6.36. The molecule has 1 aromatic heterocycles. The van der Waals surface area contributed by atoms with Crippen LogP contribution in [0.3, 0.4) is 0 Å². The van der Waals surface area contributed by atoms with Gasteiger partial charge in [-0.25, -0.2) is 9.97 Å². The maximum absolute atomic E-state index is 5.72. The van der Waals surface area contributed by atoms with Crippen LogP contribution in [0.25, 0.3) is 0 Å². The standard InChI is InChI=1S/C13H21N3O/c1-3-12(17-2)13-15-8-10-6-9(7-14)4-5-11(10)16-13/h8-9,12H,3-7,14H2,1-2H3. The van der Waals surface area contributed by atoms with Crippen molar-refractivity contribution in [3.05, 3.63) is 23.3 Å². The molecule has 2 rings (SSSR count). The minimum Gasteiger partial charge on any atom is -0.373 e. The van der Waals surface area contributed by atoms with Gasteiger partial charge in [-0.05, 0) is 43.7 Å². The van der Waals surface area contributed by atoms with E-state index in [4.69, 9.17) is 10.5 Å². The second kappa shape index (κ2) is 5.56. The molecule has 0 aliphatic heterocycles. The molecule has 4 heteroatoms. The third kappa shape index (κ3) is 2.64. The number of ether oxygens (including phenoxy) is 1. The van der Waals surface area contributed by atoms with Crippen LogP contribution in [0.1, 0.15) is 43.0 Å². The first kappa shape index (κ1) is 12.5. The topological polar surface area (TPSA) is 61.0 Å². The highest BCUT2D eigenvalue weighted by atomic mass is 16.5. The Hall–Kier alpha value is -1.00. The van der Waals surface area contributed by atoms with E-state index < -0.39 is 0 Å². The summed E-state index contributed by atoms with van der Waals surface area (Å²) < 4.78 is 5.37. The molecule has 2 unspecified atom stereocenters. The van der Waals surface area contributed by atoms with Crippen LogP contribution in [0.2, 0.25) is 0 Å². The lowest BCUT2D eigenvalue weighted by Gasteiger charge is -2.23. The zero-order valence-electron chi connectivity index (χ0n) is 10.6. The van der Waals surface area contributed by atoms with Crippen molar-refractivity contribution in [2.45, 2.75) is 38.7 Å². The van der Waals surface area contributed by atoms with Crippen molar-refractivity contribution in [3.8, 4) is 0 Å². The summed E-state index contributed by atoms with van der Waals surface area (Å²) in [7, 11) is 1.71. The molecule has 2 atom stereocenters. The molecular formula is C13H21N3O. The number of rotatable bonds is 4. The zero-order chi connectivity index (χ0) is 12.3. The largest absolute Gasteiger partial charge is 0.373 e. The fraction of sp³-hybridized carbons (Fsp3) is 0.692. The first-order chi connectivity index (χ1) is 8.28. The Kier molecular flexibility index (Phi) is 4.07. The van der Waals surface area contributed by atoms with Crippen LogP contribution in [0.5, 0.6) is 0 Å². The van der Waals surface area contributed by atoms with Gasteiger partial charge in [-0.1, -0.05) is 6.92 Å². The molecule has 0 radical (unpaired) electrons. The average Bonchev–Trinajstić information content (AvgIpc) is 2.39. The number of fused-ring (bicyclic) bond motifs is 1. The predicted octanol–water partition coefficient (Wildman–Crippen LogP) is 1.64. The van der Waals surface area contributed by atoms with Gasteiger partial charge >= 0.3 is 0 Å². The quantitative estimate of drug-likeness (QED) is 0.861. The average molecular weight is 235 g/mol. The monoisotopic (exact) mass is 235 g/mol. The summed E-state index contributed by atoms with van der Waals surface area (Å²) in [4.78, 5) is 9.07. The van der Waals surface area contributed by atoms with E-state index in [0.717, 1.165) is 38.1 Å². The molecule has 0 amide bonds. The lowest BCUT2D eigenvalue weighted by molar-refractivity contribution is 0.0922. The van der Waals surface area contributed by atoms with Crippen LogP contribution in [0.15, 0.2) is 6.20 Å². The normalized spacial score (nSPS) is 21.0. The van der Waals surface area contributed by atoms with Gasteiger partial charge in [-0.3, -0.25) is 0 Å². The minimum absolute atomic E-state index is 0.0209. The number of nitrogens with two attached hydrogens (primary N) is 1. The molecule has 1 aliphatic carbocycles. The summed E-state index contributed by atoms with van der Waals surface area (Å²) in [5, 5.41) is 0. The zero-order valence-corrected chi connectivity index (χ0v) is 10.6. The van der Waals surface area contributed by atoms with Crippen molar-refractivity contribution in [2.75, 3.05) is 13.7 Å². The molecule has 0 spiro atoms. The maximum Gasteiger partial charge on any atom is 0.157 e. The van der Waals surface area contributed by atoms with Crippen molar-refractivity contribution in [3.63, 3.8) is 0 Å². The van der Waals surface area contributed by atoms with E-state index in [-0.39, 0.29) is 6.10 Å². The molecule has 0 bridgehead atoms. The van der Waals surface area contributed by atoms with Gasteiger partial charge in [0.25, 0.3) is 0 Å². The van der Waals surface area contributed by atoms with E-state index in [1.807, 2.05) is 6.20 Å². The van der Waals surface area contributed by atoms with Gasteiger partial charge in [0.1, 0.15) is 6.10 Å². The van der Waals surface area contributed by atoms with Crippen LogP contribution in [0.4, 0.5) is 0 Å². The Morgan fingerprint density at radius 3 is 3.06 bits per heavy atom. The lowest BCUT2D eigenvalue weighted by Crippen LogP contribution is -2.24. The number of nitrogens with zero attached hydrogens (tertiary/aromatic N) is 2. The number of hydrogen-bond donors (Lipinski definition) is 1. The van der Waals surface area contributed by atoms with Gasteiger partial charge in [0, 0.05) is 19.0 Å². The molecule has 94 valence electrons. The predicted molar refractivity (Wildman–Crippen MR) is 66.6 cm³/mol. The third-order valence-electron chi connectivity index (χ3n) is 3.55. The summed E-state index contributed by atoms with van der Waals surface area (Å²) in [6.45, 7) is 2.85. The molecule has 4 nitrogen and oxygen atoms in total. The fourth-order valence-electron chi connectivity index (χ4n) is 2.41. The minimum atomic E-state index is 0.0209. The SMILES string of the molecule is CCC(OC)c1ncc2c(n1)CCC(CN)C2. The van der Waals surface area contributed by atoms with Crippen LogP contribution in [0, 0.1) is 5.92 Å². The molecular weight excluding hydrogens is 214 g/mol. The molecule has 1 heterocycles. The number of hydrogen-bond acceptors (Lipinski definition) is 4. The molecule has 17 heavy (non-hydrogen) atoms. The first-order valence-corrected chi connectivity index (χ1v) is 6.36. The maximum atomic E-state index is 5.72. The van der Waals surface area contributed by atoms with E-state index in [1.54, 1.807) is 7.11 Å². The molecule has 0 fully saturated rings. The number of aryl methyl sites for hydroxylation is 1. The van der Waals surface area contributed by atoms with Crippen LogP contribution < -0.4 is 5.73 Å². The molecule has 2 N–H and O–H groups in total. The van der Waals surface area contributed by atoms with Crippen molar-refractivity contribution in [2.24, 2.45) is 11.7 Å². The van der Waals surface area contributed by atoms with Gasteiger partial charge in [0.15, 0.2) is 5.82 Å². The van der Waals surface area contributed by atoms with Crippen LogP contribution in [-0.2, 0) is 17.6 Å². The Morgan fingerprint density at radius 2 is 2.41 bits per heavy atom. The smallest absolute Gasteiger partial charge is 0.157 e. The molecule has 0 saturated carbocycles. The Morgan fingerprint density at radius 1 is 1.59 bits per heavy atom. The summed E-state index contributed by atoms with van der Waals surface area (Å²) >= 11 is 0. The van der Waals surface area contributed by atoms with E-state index >= 15 is 0 Å². The van der Waals surface area contributed by atoms with Gasteiger partial charge in [-0.15, -0.1) is 0 Å². The summed E-state index contributed by atoms with van der Waals surface area (Å²) in [5.41, 5.74) is 8.18. The molecule has 0 aromatic carbocycles. The van der Waals surface area contributed by atoms with Crippen molar-refractivity contribution >= 4 is 0 Å². The summed E-state index contributed by atoms with van der Waals surface area (Å²) in [6.07, 6.45) is 6.07. The van der Waals surface area contributed by atoms with Crippen molar-refractivity contribution < 1.29 is 4.74 Å². The Labute approximate surface area is 103 Å². The summed E-state index contributed by atoms with van der Waals surface area (Å²) in [6, 6.07) is 0. The van der Waals surface area contributed by atoms with Gasteiger partial charge < -0.3 is 10.5 Å². The van der Waals surface area contributed by atoms with Gasteiger partial charge in [-0.2, -0.15) is 0 Å². The summed E-state index contributed by atoms with van der Waals surface area (Å²) in [5.74, 6) is 1.42. The van der Waals surface area contributed by atoms with E-state index in [2.05, 4.69) is 16.9 Å². The number of aromatic nitrogens is 2.